The van der Waals surface area contributed by atoms with Crippen LogP contribution in [0.2, 0.25) is 0 Å². The molecule has 2 aliphatic carbocycles. The van der Waals surface area contributed by atoms with E-state index in [9.17, 15) is 69.3 Å². The Morgan fingerprint density at radius 2 is 1.15 bits per heavy atom. The summed E-state index contributed by atoms with van der Waals surface area (Å²) in [5.74, 6) is -9.37. The van der Waals surface area contributed by atoms with E-state index in [0.717, 1.165) is 61.2 Å². The Morgan fingerprint density at radius 3 is 1.73 bits per heavy atom. The van der Waals surface area contributed by atoms with Gasteiger partial charge < -0.3 is 103 Å². The number of carbonyl (C=O) groups is 9. The SMILES string of the molecule is C[C@@H](O)[C@@H]1NC(=O)[C@@H](N)C[C@@H](O)CNC(=O)[C@@H]2[C@@H](O)[C@@H](C)CN2C(=O)[C@H]([C@H](O)CCNC(=O)OCC2c3ccccc3-c3ccccc32)NC(=O)[C@H]([C@H](O)Cc2ccc(O)c(OCCNC(=O)CNC(=O)OCC3c4ccccc4-c4ccccc43)c2)NC(=O)[C@@H]2C[C@@H](O)CN2C1=O. The van der Waals surface area contributed by atoms with Gasteiger partial charge in [-0.15, -0.1) is 0 Å². The van der Waals surface area contributed by atoms with Gasteiger partial charge in [0.1, 0.15) is 50.0 Å². The van der Waals surface area contributed by atoms with Crippen molar-refractivity contribution in [2.45, 2.75) is 124 Å². The predicted molar refractivity (Wildman–Crippen MR) is 349 cm³/mol. The molecular formula is C69H82N10O19. The van der Waals surface area contributed by atoms with E-state index in [0.29, 0.717) is 0 Å². The summed E-state index contributed by atoms with van der Waals surface area (Å²) in [5.41, 5.74) is 14.3. The average molecular weight is 1360 g/mol. The molecule has 3 saturated heterocycles. The Labute approximate surface area is 563 Å². The van der Waals surface area contributed by atoms with Crippen molar-refractivity contribution in [3.63, 3.8) is 0 Å². The number of aromatic hydroxyl groups is 1. The van der Waals surface area contributed by atoms with Crippen LogP contribution in [0.3, 0.4) is 0 Å². The molecular weight excluding hydrogens is 1270 g/mol. The number of nitrogens with two attached hydrogens (primary N) is 1. The van der Waals surface area contributed by atoms with Crippen LogP contribution in [0.1, 0.15) is 72.8 Å². The minimum atomic E-state index is -2.16. The molecule has 0 saturated carbocycles. The van der Waals surface area contributed by atoms with Crippen molar-refractivity contribution in [1.29, 1.82) is 0 Å². The monoisotopic (exact) mass is 1350 g/mol. The van der Waals surface area contributed by atoms with Gasteiger partial charge in [0.05, 0.1) is 55.8 Å². The summed E-state index contributed by atoms with van der Waals surface area (Å²) in [6, 6.07) is 23.7. The van der Waals surface area contributed by atoms with Crippen LogP contribution < -0.4 is 47.7 Å². The van der Waals surface area contributed by atoms with E-state index in [1.165, 1.54) is 25.1 Å². The zero-order chi connectivity index (χ0) is 70.1. The Morgan fingerprint density at radius 1 is 0.612 bits per heavy atom. The van der Waals surface area contributed by atoms with Gasteiger partial charge in [-0.25, -0.2) is 9.59 Å². The molecule has 9 amide bonds. The van der Waals surface area contributed by atoms with Crippen molar-refractivity contribution >= 4 is 53.5 Å². The minimum absolute atomic E-state index is 0.0246. The zero-order valence-corrected chi connectivity index (χ0v) is 53.8. The topological polar surface area (TPSA) is 440 Å². The van der Waals surface area contributed by atoms with Gasteiger partial charge in [0.2, 0.25) is 41.4 Å². The summed E-state index contributed by atoms with van der Waals surface area (Å²) in [6.07, 6.45) is -14.0. The van der Waals surface area contributed by atoms with Crippen LogP contribution in [0.15, 0.2) is 115 Å². The maximum absolute atomic E-state index is 15.1. The zero-order valence-electron chi connectivity index (χ0n) is 53.8. The molecule has 0 bridgehead atoms. The molecule has 522 valence electrons. The fourth-order valence-corrected chi connectivity index (χ4v) is 13.3. The normalized spacial score (nSPS) is 24.7. The number of benzene rings is 5. The van der Waals surface area contributed by atoms with Crippen LogP contribution in [0, 0.1) is 5.92 Å². The molecule has 0 unspecified atom stereocenters. The van der Waals surface area contributed by atoms with Crippen molar-refractivity contribution in [3.05, 3.63) is 143 Å². The minimum Gasteiger partial charge on any atom is -0.504 e. The summed E-state index contributed by atoms with van der Waals surface area (Å²) >= 11 is 0. The molecule has 16 N–H and O–H groups in total. The standard InChI is InChI=1S/C69H82N10O19/c1-35-31-79-60(61(35)87)65(91)73-29-38(81)27-50(70)62(88)75-57(36(2)80)66(92)78-32-39(82)28-51(78)63(89)76-58(64(90)77-59(67(79)93)53(84)21-22-72-68(94)97-33-48-44-15-7-3-11-40(44)41-12-4-8-16-45(41)48)54(85)25-37-19-20-52(83)55(26-37)96-24-23-71-56(86)30-74-69(95)98-34-49-46-17-9-5-13-42(46)43-14-6-10-18-47(43)49/h3-20,26,35-36,38-39,48-51,53-54,57-61,80-85,87H,21-25,27-34,70H2,1-2H3,(H,71,86)(H,72,94)(H,73,91)(H,74,95)(H,75,88)(H,76,89)(H,77,90)/t35-,36+,38+,39+,50-,51-,53+,54+,57-,58-,59-,60-,61-/m0/s1. The number of alkyl carbamates (subject to hydrolysis) is 2. The number of hydrogen-bond donors (Lipinski definition) is 15. The number of ether oxygens (including phenoxy) is 3. The predicted octanol–water partition coefficient (Wildman–Crippen LogP) is -1.17. The number of β-amino-alcohol motifs (C(OH)–C–C–N with tert-alkyl or cyclic N) is 1. The largest absolute Gasteiger partial charge is 0.504 e. The number of rotatable bonds is 18. The quantitative estimate of drug-likeness (QED) is 0.0460. The molecule has 3 aliphatic heterocycles. The van der Waals surface area contributed by atoms with E-state index in [4.69, 9.17) is 19.9 Å². The first-order chi connectivity index (χ1) is 47.0. The summed E-state index contributed by atoms with van der Waals surface area (Å²) in [6.45, 7) is -0.0873. The molecule has 5 aromatic rings. The van der Waals surface area contributed by atoms with Gasteiger partial charge in [0.25, 0.3) is 0 Å². The second-order valence-corrected chi connectivity index (χ2v) is 25.3. The van der Waals surface area contributed by atoms with Gasteiger partial charge in [-0.05, 0) is 82.0 Å². The average Bonchev–Trinajstić information content (AvgIpc) is 1.63. The summed E-state index contributed by atoms with van der Waals surface area (Å²) in [7, 11) is 0. The Balaban J connectivity index is 0.851. The maximum Gasteiger partial charge on any atom is 0.407 e. The molecule has 3 heterocycles. The molecule has 5 aliphatic rings. The molecule has 98 heavy (non-hydrogen) atoms. The van der Waals surface area contributed by atoms with Crippen LogP contribution in [0.5, 0.6) is 11.5 Å². The Hall–Kier alpha value is -9.75. The lowest BCUT2D eigenvalue weighted by molar-refractivity contribution is -0.147. The number of carbonyl (C=O) groups excluding carboxylic acids is 9. The highest BCUT2D eigenvalue weighted by Gasteiger charge is 2.50. The first-order valence-electron chi connectivity index (χ1n) is 32.5. The lowest BCUT2D eigenvalue weighted by Crippen LogP contribution is -2.64. The number of phenols is 1. The number of amides is 9. The molecule has 3 fully saturated rings. The van der Waals surface area contributed by atoms with Gasteiger partial charge >= 0.3 is 12.2 Å². The maximum atomic E-state index is 15.1. The lowest BCUT2D eigenvalue weighted by Gasteiger charge is -2.34. The van der Waals surface area contributed by atoms with Gasteiger partial charge in [-0.1, -0.05) is 110 Å². The van der Waals surface area contributed by atoms with Gasteiger partial charge in [0, 0.05) is 56.8 Å². The molecule has 5 aromatic carbocycles. The molecule has 0 radical (unpaired) electrons. The summed E-state index contributed by atoms with van der Waals surface area (Å²) in [5, 5.41) is 96.8. The first-order valence-corrected chi connectivity index (χ1v) is 32.5. The smallest absolute Gasteiger partial charge is 0.407 e. The molecule has 0 aromatic heterocycles. The van der Waals surface area contributed by atoms with Crippen molar-refractivity contribution in [2.24, 2.45) is 11.7 Å². The van der Waals surface area contributed by atoms with Crippen molar-refractivity contribution in [2.75, 3.05) is 59.1 Å². The van der Waals surface area contributed by atoms with Crippen LogP contribution in [-0.4, -0.2) is 231 Å². The molecule has 0 spiro atoms. The lowest BCUT2D eigenvalue weighted by atomic mass is 9.98. The first kappa shape index (κ1) is 71.0. The third kappa shape index (κ3) is 16.3. The van der Waals surface area contributed by atoms with Crippen LogP contribution in [0.4, 0.5) is 9.59 Å². The van der Waals surface area contributed by atoms with Crippen LogP contribution in [-0.2, 0) is 49.5 Å². The molecule has 29 heteroatoms. The Bertz CT molecular complexity index is 3690. The fraction of sp³-hybridized carbons (Fsp3) is 0.435. The second kappa shape index (κ2) is 31.6. The van der Waals surface area contributed by atoms with E-state index >= 15 is 9.59 Å². The summed E-state index contributed by atoms with van der Waals surface area (Å²) in [4.78, 5) is 128. The third-order valence-corrected chi connectivity index (χ3v) is 18.4. The highest BCUT2D eigenvalue weighted by molar-refractivity contribution is 5.98. The number of phenolic OH excluding ortho intramolecular Hbond substituents is 1. The number of nitrogens with one attached hydrogen (secondary N) is 7. The number of aliphatic hydroxyl groups excluding tert-OH is 6. The van der Waals surface area contributed by atoms with E-state index in [2.05, 4.69) is 37.2 Å². The van der Waals surface area contributed by atoms with E-state index in [-0.39, 0.29) is 62.6 Å². The highest BCUT2D eigenvalue weighted by Crippen LogP contribution is 2.46. The van der Waals surface area contributed by atoms with Gasteiger partial charge in [0.15, 0.2) is 11.5 Å². The Kier molecular flexibility index (Phi) is 22.9. The summed E-state index contributed by atoms with van der Waals surface area (Å²) < 4.78 is 17.0. The van der Waals surface area contributed by atoms with Crippen molar-refractivity contribution in [3.8, 4) is 33.8 Å². The number of hydrogen-bond acceptors (Lipinski definition) is 20. The number of aliphatic hydroxyl groups is 6. The van der Waals surface area contributed by atoms with Crippen LogP contribution in [0.25, 0.3) is 22.3 Å². The second-order valence-electron chi connectivity index (χ2n) is 25.3. The number of nitrogens with zero attached hydrogens (tertiary/aromatic N) is 2. The van der Waals surface area contributed by atoms with Crippen molar-refractivity contribution < 1.29 is 93.1 Å². The number of fused-ring (bicyclic) bond motifs is 8. The third-order valence-electron chi connectivity index (χ3n) is 18.4. The molecule has 29 nitrogen and oxygen atoms in total. The fourth-order valence-electron chi connectivity index (χ4n) is 13.3. The highest BCUT2D eigenvalue weighted by atomic mass is 16.6. The molecule has 13 atom stereocenters. The van der Waals surface area contributed by atoms with Gasteiger partial charge in [-0.3, -0.25) is 33.6 Å². The van der Waals surface area contributed by atoms with Crippen molar-refractivity contribution in [1.82, 2.24) is 47.0 Å². The van der Waals surface area contributed by atoms with E-state index in [1.54, 1.807) is 0 Å². The van der Waals surface area contributed by atoms with E-state index in [1.807, 2.05) is 97.1 Å². The van der Waals surface area contributed by atoms with Gasteiger partial charge in [-0.2, -0.15) is 0 Å². The van der Waals surface area contributed by atoms with E-state index < -0.39 is 183 Å². The van der Waals surface area contributed by atoms with Crippen LogP contribution >= 0.6 is 0 Å². The molecule has 10 rings (SSSR count).